The van der Waals surface area contributed by atoms with Gasteiger partial charge in [-0.05, 0) is 69.1 Å². The first-order chi connectivity index (χ1) is 12.7. The molecule has 0 aliphatic carbocycles. The van der Waals surface area contributed by atoms with E-state index in [-0.39, 0.29) is 0 Å². The summed E-state index contributed by atoms with van der Waals surface area (Å²) >= 11 is 0. The first-order valence-electron chi connectivity index (χ1n) is 9.38. The van der Waals surface area contributed by atoms with Gasteiger partial charge >= 0.3 is 0 Å². The van der Waals surface area contributed by atoms with E-state index in [4.69, 9.17) is 9.47 Å². The van der Waals surface area contributed by atoms with E-state index in [1.54, 1.807) is 14.2 Å². The average Bonchev–Trinajstić information content (AvgIpc) is 2.71. The smallest absolute Gasteiger partial charge is 0.127 e. The summed E-state index contributed by atoms with van der Waals surface area (Å²) < 4.78 is 10.8. The molecule has 2 atom stereocenters. The van der Waals surface area contributed by atoms with Crippen molar-refractivity contribution in [3.63, 3.8) is 0 Å². The van der Waals surface area contributed by atoms with Crippen LogP contribution in [-0.4, -0.2) is 49.3 Å². The number of nitrogens with one attached hydrogen (secondary N) is 1. The molecule has 4 heterocycles. The maximum absolute atomic E-state index is 5.49. The number of hydrogen-bond donors (Lipinski definition) is 1. The number of benzene rings is 1. The number of nitrogens with zero attached hydrogens (tertiary/aromatic N) is 2. The van der Waals surface area contributed by atoms with Crippen molar-refractivity contribution in [2.24, 2.45) is 5.92 Å². The van der Waals surface area contributed by atoms with E-state index in [0.29, 0.717) is 12.1 Å². The van der Waals surface area contributed by atoms with E-state index in [0.717, 1.165) is 34.4 Å². The lowest BCUT2D eigenvalue weighted by atomic mass is 9.79. The molecule has 5 heteroatoms. The second kappa shape index (κ2) is 7.16. The first kappa shape index (κ1) is 17.2. The maximum atomic E-state index is 5.49. The second-order valence-corrected chi connectivity index (χ2v) is 7.28. The van der Waals surface area contributed by atoms with Gasteiger partial charge in [-0.15, -0.1) is 0 Å². The lowest BCUT2D eigenvalue weighted by Crippen LogP contribution is -2.59. The summed E-state index contributed by atoms with van der Waals surface area (Å²) in [5.41, 5.74) is 2.01. The molecule has 0 radical (unpaired) electrons. The molecule has 138 valence electrons. The van der Waals surface area contributed by atoms with Crippen LogP contribution in [0.5, 0.6) is 11.5 Å². The number of rotatable bonds is 5. The van der Waals surface area contributed by atoms with E-state index in [1.165, 1.54) is 25.9 Å². The maximum Gasteiger partial charge on any atom is 0.127 e. The molecule has 5 rings (SSSR count). The number of ether oxygens (including phenoxy) is 2. The van der Waals surface area contributed by atoms with Crippen molar-refractivity contribution < 1.29 is 9.47 Å². The molecule has 3 aliphatic rings. The molecule has 0 saturated carbocycles. The number of fused-ring (bicyclic) bond motifs is 3. The molecule has 3 saturated heterocycles. The van der Waals surface area contributed by atoms with Crippen LogP contribution in [-0.2, 0) is 0 Å². The first-order valence-corrected chi connectivity index (χ1v) is 9.38. The van der Waals surface area contributed by atoms with E-state index < -0.39 is 0 Å². The zero-order valence-corrected chi connectivity index (χ0v) is 15.7. The minimum Gasteiger partial charge on any atom is -0.497 e. The van der Waals surface area contributed by atoms with Crippen LogP contribution in [0, 0.1) is 5.92 Å². The van der Waals surface area contributed by atoms with Crippen molar-refractivity contribution in [3.05, 3.63) is 36.5 Å². The molecule has 1 aromatic heterocycles. The molecule has 0 amide bonds. The number of piperidine rings is 3. The van der Waals surface area contributed by atoms with Crippen LogP contribution in [0.1, 0.15) is 19.8 Å². The predicted octanol–water partition coefficient (Wildman–Crippen LogP) is 3.66. The number of methoxy groups -OCH3 is 2. The Kier molecular flexibility index (Phi) is 4.72. The van der Waals surface area contributed by atoms with Gasteiger partial charge in [0.05, 0.1) is 14.2 Å². The van der Waals surface area contributed by atoms with Gasteiger partial charge in [0.25, 0.3) is 0 Å². The summed E-state index contributed by atoms with van der Waals surface area (Å²) in [7, 11) is 3.36. The summed E-state index contributed by atoms with van der Waals surface area (Å²) in [4.78, 5) is 7.26. The SMILES string of the molecule is COc1ccc(OC)c(-c2ccc(N[C@H]3C4CCN(CC4)[C@@H]3C)nc2)c1. The quantitative estimate of drug-likeness (QED) is 0.889. The minimum atomic E-state index is 0.488. The lowest BCUT2D eigenvalue weighted by molar-refractivity contribution is 0.0457. The third-order valence-corrected chi connectivity index (χ3v) is 5.97. The van der Waals surface area contributed by atoms with Gasteiger partial charge in [-0.1, -0.05) is 0 Å². The minimum absolute atomic E-state index is 0.488. The Labute approximate surface area is 155 Å². The summed E-state index contributed by atoms with van der Waals surface area (Å²) in [5, 5.41) is 3.68. The van der Waals surface area contributed by atoms with Gasteiger partial charge < -0.3 is 14.8 Å². The van der Waals surface area contributed by atoms with Crippen molar-refractivity contribution in [2.75, 3.05) is 32.6 Å². The third kappa shape index (κ3) is 3.12. The molecule has 26 heavy (non-hydrogen) atoms. The number of hydrogen-bond acceptors (Lipinski definition) is 5. The standard InChI is InChI=1S/C21H27N3O2/c1-14-21(15-8-10-24(14)11-9-15)23-20-7-4-16(13-22-20)18-12-17(25-2)5-6-19(18)26-3/h4-7,12-15,21H,8-11H2,1-3H3,(H,22,23)/t14-,21-/m1/s1. The zero-order valence-electron chi connectivity index (χ0n) is 15.7. The van der Waals surface area contributed by atoms with Crippen molar-refractivity contribution in [2.45, 2.75) is 31.8 Å². The van der Waals surface area contributed by atoms with Crippen LogP contribution in [0.15, 0.2) is 36.5 Å². The Morgan fingerprint density at radius 1 is 1.08 bits per heavy atom. The molecular weight excluding hydrogens is 326 g/mol. The Bertz CT molecular complexity index is 752. The van der Waals surface area contributed by atoms with E-state index in [2.05, 4.69) is 34.3 Å². The highest BCUT2D eigenvalue weighted by Gasteiger charge is 2.39. The van der Waals surface area contributed by atoms with Crippen molar-refractivity contribution >= 4 is 5.82 Å². The molecule has 0 unspecified atom stereocenters. The Morgan fingerprint density at radius 2 is 1.88 bits per heavy atom. The molecule has 5 nitrogen and oxygen atoms in total. The van der Waals surface area contributed by atoms with E-state index in [9.17, 15) is 0 Å². The van der Waals surface area contributed by atoms with Gasteiger partial charge in [-0.3, -0.25) is 4.90 Å². The third-order valence-electron chi connectivity index (χ3n) is 5.97. The van der Waals surface area contributed by atoms with Crippen molar-refractivity contribution in [3.8, 4) is 22.6 Å². The van der Waals surface area contributed by atoms with E-state index >= 15 is 0 Å². The summed E-state index contributed by atoms with van der Waals surface area (Å²) in [6.07, 6.45) is 4.49. The van der Waals surface area contributed by atoms with Crippen LogP contribution < -0.4 is 14.8 Å². The Hall–Kier alpha value is -2.27. The largest absolute Gasteiger partial charge is 0.497 e. The van der Waals surface area contributed by atoms with Gasteiger partial charge in [0.15, 0.2) is 0 Å². The molecule has 1 N–H and O–H groups in total. The number of pyridine rings is 1. The molecule has 2 bridgehead atoms. The highest BCUT2D eigenvalue weighted by molar-refractivity contribution is 5.72. The lowest BCUT2D eigenvalue weighted by Gasteiger charge is -2.50. The fourth-order valence-corrected chi connectivity index (χ4v) is 4.39. The molecule has 3 fully saturated rings. The predicted molar refractivity (Wildman–Crippen MR) is 104 cm³/mol. The van der Waals surface area contributed by atoms with Crippen LogP contribution in [0.4, 0.5) is 5.82 Å². The second-order valence-electron chi connectivity index (χ2n) is 7.28. The van der Waals surface area contributed by atoms with Gasteiger partial charge in [-0.2, -0.15) is 0 Å². The van der Waals surface area contributed by atoms with Crippen LogP contribution >= 0.6 is 0 Å². The summed E-state index contributed by atoms with van der Waals surface area (Å²) in [5.74, 6) is 3.33. The van der Waals surface area contributed by atoms with Gasteiger partial charge in [0.2, 0.25) is 0 Å². The van der Waals surface area contributed by atoms with Gasteiger partial charge in [0, 0.05) is 29.4 Å². The molecule has 3 aliphatic heterocycles. The average molecular weight is 353 g/mol. The fraction of sp³-hybridized carbons (Fsp3) is 0.476. The highest BCUT2D eigenvalue weighted by atomic mass is 16.5. The van der Waals surface area contributed by atoms with Crippen LogP contribution in [0.3, 0.4) is 0 Å². The van der Waals surface area contributed by atoms with Gasteiger partial charge in [0.1, 0.15) is 17.3 Å². The van der Waals surface area contributed by atoms with Gasteiger partial charge in [-0.25, -0.2) is 4.98 Å². The van der Waals surface area contributed by atoms with Crippen molar-refractivity contribution in [1.29, 1.82) is 0 Å². The molecular formula is C21H27N3O2. The number of aromatic nitrogens is 1. The van der Waals surface area contributed by atoms with Crippen LogP contribution in [0.25, 0.3) is 11.1 Å². The van der Waals surface area contributed by atoms with Crippen molar-refractivity contribution in [1.82, 2.24) is 9.88 Å². The zero-order chi connectivity index (χ0) is 18.1. The molecule has 2 aromatic rings. The monoisotopic (exact) mass is 353 g/mol. The summed E-state index contributed by atoms with van der Waals surface area (Å²) in [6, 6.07) is 11.0. The van der Waals surface area contributed by atoms with E-state index in [1.807, 2.05) is 24.4 Å². The Balaban J connectivity index is 1.54. The summed E-state index contributed by atoms with van der Waals surface area (Å²) in [6.45, 7) is 4.82. The molecule has 1 aromatic carbocycles. The molecule has 0 spiro atoms. The number of anilines is 1. The normalized spacial score (nSPS) is 27.2. The topological polar surface area (TPSA) is 46.6 Å². The van der Waals surface area contributed by atoms with Crippen LogP contribution in [0.2, 0.25) is 0 Å². The Morgan fingerprint density at radius 3 is 2.50 bits per heavy atom. The fourth-order valence-electron chi connectivity index (χ4n) is 4.39. The highest BCUT2D eigenvalue weighted by Crippen LogP contribution is 2.35.